The molecule has 0 saturated carbocycles. The molecule has 1 atom stereocenters. The monoisotopic (exact) mass is 87.1 g/mol. The summed E-state index contributed by atoms with van der Waals surface area (Å²) in [4.78, 5) is 4.28. The summed E-state index contributed by atoms with van der Waals surface area (Å²) in [5, 5.41) is 0. The summed E-state index contributed by atoms with van der Waals surface area (Å²) in [6.07, 6.45) is 1.60. The number of hydrogen-bond acceptors (Lipinski definition) is 2. The van der Waals surface area contributed by atoms with E-state index in [1.54, 1.807) is 6.08 Å². The standard InChI is InChI=1S/C4H9NO/c1-3-4(2)6-5/h3-4H,1,5H2,2H3/t4-/m1/s1. The summed E-state index contributed by atoms with van der Waals surface area (Å²) in [5.74, 6) is 4.71. The Hall–Kier alpha value is -0.340. The lowest BCUT2D eigenvalue weighted by Gasteiger charge is -1.96. The van der Waals surface area contributed by atoms with Crippen molar-refractivity contribution < 1.29 is 4.84 Å². The lowest BCUT2D eigenvalue weighted by Crippen LogP contribution is -2.08. The fourth-order valence-electron chi connectivity index (χ4n) is 0.0556. The van der Waals surface area contributed by atoms with Gasteiger partial charge in [0.05, 0.1) is 6.10 Å². The third kappa shape index (κ3) is 1.93. The molecule has 0 rings (SSSR count). The van der Waals surface area contributed by atoms with Crippen LogP contribution in [0.2, 0.25) is 0 Å². The van der Waals surface area contributed by atoms with E-state index in [0.29, 0.717) is 0 Å². The van der Waals surface area contributed by atoms with Crippen molar-refractivity contribution in [2.24, 2.45) is 5.90 Å². The maximum absolute atomic E-state index is 4.71. The molecule has 2 nitrogen and oxygen atoms in total. The first kappa shape index (κ1) is 5.66. The van der Waals surface area contributed by atoms with Gasteiger partial charge in [-0.25, -0.2) is 5.90 Å². The van der Waals surface area contributed by atoms with E-state index in [-0.39, 0.29) is 6.10 Å². The Bertz CT molecular complexity index is 44.8. The van der Waals surface area contributed by atoms with Crippen LogP contribution in [0.3, 0.4) is 0 Å². The topological polar surface area (TPSA) is 35.2 Å². The van der Waals surface area contributed by atoms with Crippen molar-refractivity contribution in [2.45, 2.75) is 13.0 Å². The van der Waals surface area contributed by atoms with Gasteiger partial charge in [0, 0.05) is 0 Å². The van der Waals surface area contributed by atoms with Crippen LogP contribution in [-0.2, 0) is 4.84 Å². The fourth-order valence-corrected chi connectivity index (χ4v) is 0.0556. The minimum Gasteiger partial charge on any atom is -0.297 e. The van der Waals surface area contributed by atoms with Crippen LogP contribution < -0.4 is 5.90 Å². The van der Waals surface area contributed by atoms with Gasteiger partial charge in [-0.3, -0.25) is 4.84 Å². The molecular weight excluding hydrogens is 78.0 g/mol. The summed E-state index contributed by atoms with van der Waals surface area (Å²) < 4.78 is 0. The van der Waals surface area contributed by atoms with E-state index in [1.165, 1.54) is 0 Å². The zero-order valence-electron chi connectivity index (χ0n) is 3.85. The van der Waals surface area contributed by atoms with Crippen LogP contribution in [-0.4, -0.2) is 6.10 Å². The van der Waals surface area contributed by atoms with Crippen molar-refractivity contribution >= 4 is 0 Å². The highest BCUT2D eigenvalue weighted by Gasteiger charge is 1.84. The summed E-state index contributed by atoms with van der Waals surface area (Å²) in [5.41, 5.74) is 0. The molecule has 36 valence electrons. The van der Waals surface area contributed by atoms with Gasteiger partial charge in [0.25, 0.3) is 0 Å². The van der Waals surface area contributed by atoms with E-state index in [2.05, 4.69) is 11.4 Å². The van der Waals surface area contributed by atoms with Crippen LogP contribution in [0.5, 0.6) is 0 Å². The molecule has 0 unspecified atom stereocenters. The maximum Gasteiger partial charge on any atom is 0.0937 e. The molecule has 0 aliphatic rings. The van der Waals surface area contributed by atoms with E-state index in [9.17, 15) is 0 Å². The zero-order valence-corrected chi connectivity index (χ0v) is 3.85. The van der Waals surface area contributed by atoms with Gasteiger partial charge in [-0.15, -0.1) is 6.58 Å². The Morgan fingerprint density at radius 2 is 2.50 bits per heavy atom. The smallest absolute Gasteiger partial charge is 0.0937 e. The van der Waals surface area contributed by atoms with Crippen LogP contribution in [0.4, 0.5) is 0 Å². The first-order chi connectivity index (χ1) is 2.81. The Balaban J connectivity index is 2.96. The Labute approximate surface area is 37.6 Å². The molecule has 2 N–H and O–H groups in total. The third-order valence-corrected chi connectivity index (χ3v) is 0.547. The van der Waals surface area contributed by atoms with Crippen LogP contribution in [0.1, 0.15) is 6.92 Å². The Morgan fingerprint density at radius 1 is 2.00 bits per heavy atom. The summed E-state index contributed by atoms with van der Waals surface area (Å²) in [6.45, 7) is 5.24. The lowest BCUT2D eigenvalue weighted by molar-refractivity contribution is 0.0997. The highest BCUT2D eigenvalue weighted by atomic mass is 16.6. The molecule has 0 aromatic heterocycles. The van der Waals surface area contributed by atoms with E-state index in [0.717, 1.165) is 0 Å². The molecule has 0 aromatic rings. The van der Waals surface area contributed by atoms with Gasteiger partial charge in [0.2, 0.25) is 0 Å². The van der Waals surface area contributed by atoms with Crippen molar-refractivity contribution in [1.82, 2.24) is 0 Å². The first-order valence-corrected chi connectivity index (χ1v) is 1.79. The second-order valence-corrected chi connectivity index (χ2v) is 1.08. The van der Waals surface area contributed by atoms with Gasteiger partial charge in [-0.05, 0) is 6.92 Å². The van der Waals surface area contributed by atoms with Gasteiger partial charge in [0.1, 0.15) is 0 Å². The van der Waals surface area contributed by atoms with Gasteiger partial charge in [-0.2, -0.15) is 0 Å². The second kappa shape index (κ2) is 2.87. The van der Waals surface area contributed by atoms with E-state index in [4.69, 9.17) is 5.90 Å². The molecule has 0 heterocycles. The van der Waals surface area contributed by atoms with Crippen molar-refractivity contribution in [3.8, 4) is 0 Å². The lowest BCUT2D eigenvalue weighted by atomic mass is 10.4. The minimum atomic E-state index is -0.0231. The highest BCUT2D eigenvalue weighted by Crippen LogP contribution is 1.80. The quantitative estimate of drug-likeness (QED) is 0.392. The molecule has 6 heavy (non-hydrogen) atoms. The molecule has 0 aliphatic carbocycles. The zero-order chi connectivity index (χ0) is 4.99. The van der Waals surface area contributed by atoms with E-state index < -0.39 is 0 Å². The molecule has 0 spiro atoms. The highest BCUT2D eigenvalue weighted by molar-refractivity contribution is 4.73. The van der Waals surface area contributed by atoms with Crippen molar-refractivity contribution in [3.63, 3.8) is 0 Å². The first-order valence-electron chi connectivity index (χ1n) is 1.79. The summed E-state index contributed by atoms with van der Waals surface area (Å²) in [7, 11) is 0. The Morgan fingerprint density at radius 3 is 2.50 bits per heavy atom. The molecule has 0 fully saturated rings. The third-order valence-electron chi connectivity index (χ3n) is 0.547. The summed E-state index contributed by atoms with van der Waals surface area (Å²) >= 11 is 0. The van der Waals surface area contributed by atoms with E-state index >= 15 is 0 Å². The maximum atomic E-state index is 4.71. The number of nitrogens with two attached hydrogens (primary N) is 1. The molecule has 0 amide bonds. The largest absolute Gasteiger partial charge is 0.297 e. The minimum absolute atomic E-state index is 0.0231. The van der Waals surface area contributed by atoms with Gasteiger partial charge in [-0.1, -0.05) is 6.08 Å². The van der Waals surface area contributed by atoms with Crippen LogP contribution in [0.15, 0.2) is 12.7 Å². The molecular formula is C4H9NO. The molecule has 0 aromatic carbocycles. The normalized spacial score (nSPS) is 13.7. The number of rotatable bonds is 2. The van der Waals surface area contributed by atoms with Crippen LogP contribution in [0, 0.1) is 0 Å². The SMILES string of the molecule is C=C[C@@H](C)ON. The van der Waals surface area contributed by atoms with E-state index in [1.807, 2.05) is 6.92 Å². The number of hydrogen-bond donors (Lipinski definition) is 1. The van der Waals surface area contributed by atoms with Gasteiger partial charge in [0.15, 0.2) is 0 Å². The van der Waals surface area contributed by atoms with Crippen LogP contribution in [0.25, 0.3) is 0 Å². The predicted molar refractivity (Wildman–Crippen MR) is 24.9 cm³/mol. The fraction of sp³-hybridized carbons (Fsp3) is 0.500. The van der Waals surface area contributed by atoms with Crippen molar-refractivity contribution in [2.75, 3.05) is 0 Å². The van der Waals surface area contributed by atoms with Crippen molar-refractivity contribution in [3.05, 3.63) is 12.7 Å². The van der Waals surface area contributed by atoms with Crippen molar-refractivity contribution in [1.29, 1.82) is 0 Å². The second-order valence-electron chi connectivity index (χ2n) is 1.08. The van der Waals surface area contributed by atoms with Gasteiger partial charge >= 0.3 is 0 Å². The molecule has 0 saturated heterocycles. The molecule has 2 heteroatoms. The predicted octanol–water partition coefficient (Wildman–Crippen LogP) is 0.451. The Kier molecular flexibility index (Phi) is 2.71. The molecule has 0 bridgehead atoms. The van der Waals surface area contributed by atoms with Crippen LogP contribution >= 0.6 is 0 Å². The summed E-state index contributed by atoms with van der Waals surface area (Å²) in [6, 6.07) is 0. The molecule has 0 radical (unpaired) electrons. The van der Waals surface area contributed by atoms with Gasteiger partial charge < -0.3 is 0 Å². The average molecular weight is 87.1 g/mol. The molecule has 0 aliphatic heterocycles. The average Bonchev–Trinajstić information content (AvgIpc) is 1.65.